The van der Waals surface area contributed by atoms with Gasteiger partial charge in [-0.15, -0.1) is 0 Å². The third-order valence-corrected chi connectivity index (χ3v) is 2.33. The van der Waals surface area contributed by atoms with Gasteiger partial charge in [0.2, 0.25) is 0 Å². The topological polar surface area (TPSA) is 24.9 Å². The van der Waals surface area contributed by atoms with Crippen molar-refractivity contribution in [1.29, 1.82) is 0 Å². The molecule has 0 bridgehead atoms. The van der Waals surface area contributed by atoms with Crippen LogP contribution in [0.3, 0.4) is 0 Å². The highest BCUT2D eigenvalue weighted by atomic mass is 19.1. The molecule has 0 aliphatic heterocycles. The molecule has 1 heterocycles. The summed E-state index contributed by atoms with van der Waals surface area (Å²) in [4.78, 5) is 4.26. The molecule has 0 atom stereocenters. The molecule has 0 aliphatic carbocycles. The van der Waals surface area contributed by atoms with Crippen molar-refractivity contribution in [2.24, 2.45) is 0 Å². The number of rotatable bonds is 3. The maximum absolute atomic E-state index is 13.3. The van der Waals surface area contributed by atoms with Gasteiger partial charge >= 0.3 is 0 Å². The zero-order chi connectivity index (χ0) is 12.3. The second-order valence-electron chi connectivity index (χ2n) is 3.75. The normalized spacial score (nSPS) is 10.3. The van der Waals surface area contributed by atoms with E-state index in [1.165, 1.54) is 0 Å². The zero-order valence-electron chi connectivity index (χ0n) is 9.37. The lowest BCUT2D eigenvalue weighted by molar-refractivity contribution is 0.602. The third kappa shape index (κ3) is 3.00. The molecule has 4 heteroatoms. The molecule has 0 aliphatic rings. The number of hydrogen-bond donors (Lipinski definition) is 1. The van der Waals surface area contributed by atoms with E-state index in [0.717, 1.165) is 29.6 Å². The van der Waals surface area contributed by atoms with E-state index in [9.17, 15) is 8.78 Å². The Hall–Kier alpha value is -1.97. The van der Waals surface area contributed by atoms with E-state index in [4.69, 9.17) is 0 Å². The quantitative estimate of drug-likeness (QED) is 0.881. The van der Waals surface area contributed by atoms with E-state index in [1.807, 2.05) is 25.1 Å². The Kier molecular flexibility index (Phi) is 3.32. The number of nitrogens with one attached hydrogen (secondary N) is 1. The summed E-state index contributed by atoms with van der Waals surface area (Å²) in [6, 6.07) is 8.91. The summed E-state index contributed by atoms with van der Waals surface area (Å²) in [5.41, 5.74) is 1.82. The van der Waals surface area contributed by atoms with E-state index in [1.54, 1.807) is 0 Å². The molecular formula is C13H12F2N2. The summed E-state index contributed by atoms with van der Waals surface area (Å²) >= 11 is 0. The highest BCUT2D eigenvalue weighted by molar-refractivity contribution is 5.45. The summed E-state index contributed by atoms with van der Waals surface area (Å²) in [6.45, 7) is 2.24. The van der Waals surface area contributed by atoms with E-state index in [2.05, 4.69) is 10.3 Å². The lowest BCUT2D eigenvalue weighted by atomic mass is 10.2. The third-order valence-electron chi connectivity index (χ3n) is 2.33. The van der Waals surface area contributed by atoms with Crippen LogP contribution in [-0.2, 0) is 6.54 Å². The van der Waals surface area contributed by atoms with Gasteiger partial charge < -0.3 is 5.32 Å². The summed E-state index contributed by atoms with van der Waals surface area (Å²) in [6.07, 6.45) is 0. The number of aromatic nitrogens is 1. The largest absolute Gasteiger partial charge is 0.377 e. The van der Waals surface area contributed by atoms with Gasteiger partial charge in [-0.25, -0.2) is 8.78 Å². The summed E-state index contributed by atoms with van der Waals surface area (Å²) in [5.74, 6) is -0.940. The molecule has 0 amide bonds. The van der Waals surface area contributed by atoms with Crippen LogP contribution in [0.1, 0.15) is 11.4 Å². The van der Waals surface area contributed by atoms with Crippen molar-refractivity contribution in [3.63, 3.8) is 0 Å². The molecule has 1 aromatic carbocycles. The van der Waals surface area contributed by atoms with Gasteiger partial charge in [-0.05, 0) is 37.3 Å². The van der Waals surface area contributed by atoms with Gasteiger partial charge in [0, 0.05) is 5.69 Å². The van der Waals surface area contributed by atoms with Crippen LogP contribution in [0, 0.1) is 18.6 Å². The minimum Gasteiger partial charge on any atom is -0.377 e. The SMILES string of the molecule is Cc1cccc(CNc2cc(F)ccc2F)n1. The molecule has 0 unspecified atom stereocenters. The Morgan fingerprint density at radius 3 is 2.76 bits per heavy atom. The van der Waals surface area contributed by atoms with Gasteiger partial charge in [0.15, 0.2) is 0 Å². The van der Waals surface area contributed by atoms with Gasteiger partial charge in [-0.3, -0.25) is 4.98 Å². The molecule has 0 radical (unpaired) electrons. The highest BCUT2D eigenvalue weighted by Crippen LogP contribution is 2.15. The van der Waals surface area contributed by atoms with Crippen molar-refractivity contribution in [3.8, 4) is 0 Å². The van der Waals surface area contributed by atoms with Crippen molar-refractivity contribution in [1.82, 2.24) is 4.98 Å². The van der Waals surface area contributed by atoms with E-state index in [-0.39, 0.29) is 5.69 Å². The highest BCUT2D eigenvalue weighted by Gasteiger charge is 2.03. The summed E-state index contributed by atoms with van der Waals surface area (Å²) in [5, 5.41) is 2.82. The van der Waals surface area contributed by atoms with Gasteiger partial charge in [0.25, 0.3) is 0 Å². The standard InChI is InChI=1S/C13H12F2N2/c1-9-3-2-4-11(17-9)8-16-13-7-10(14)5-6-12(13)15/h2-7,16H,8H2,1H3. The van der Waals surface area contributed by atoms with Gasteiger partial charge in [0.05, 0.1) is 17.9 Å². The van der Waals surface area contributed by atoms with Crippen molar-refractivity contribution in [2.45, 2.75) is 13.5 Å². The molecule has 0 saturated heterocycles. The average Bonchev–Trinajstić information content (AvgIpc) is 2.30. The van der Waals surface area contributed by atoms with E-state index >= 15 is 0 Å². The van der Waals surface area contributed by atoms with Crippen molar-refractivity contribution in [2.75, 3.05) is 5.32 Å². The van der Waals surface area contributed by atoms with Crippen molar-refractivity contribution < 1.29 is 8.78 Å². The minimum absolute atomic E-state index is 0.147. The minimum atomic E-state index is -0.473. The molecule has 2 rings (SSSR count). The van der Waals surface area contributed by atoms with Crippen LogP contribution < -0.4 is 5.32 Å². The molecule has 17 heavy (non-hydrogen) atoms. The second-order valence-corrected chi connectivity index (χ2v) is 3.75. The zero-order valence-corrected chi connectivity index (χ0v) is 9.37. The van der Waals surface area contributed by atoms with Gasteiger partial charge in [0.1, 0.15) is 11.6 Å². The Bertz CT molecular complexity index is 527. The number of anilines is 1. The smallest absolute Gasteiger partial charge is 0.146 e. The first-order chi connectivity index (χ1) is 8.15. The molecule has 88 valence electrons. The van der Waals surface area contributed by atoms with Crippen LogP contribution >= 0.6 is 0 Å². The van der Waals surface area contributed by atoms with Crippen LogP contribution in [-0.4, -0.2) is 4.98 Å². The molecule has 0 spiro atoms. The van der Waals surface area contributed by atoms with Crippen molar-refractivity contribution in [3.05, 3.63) is 59.4 Å². The number of aryl methyl sites for hydroxylation is 1. The molecule has 0 fully saturated rings. The first-order valence-electron chi connectivity index (χ1n) is 5.26. The fraction of sp³-hybridized carbons (Fsp3) is 0.154. The molecule has 2 aromatic rings. The molecule has 0 saturated carbocycles. The number of hydrogen-bond acceptors (Lipinski definition) is 2. The number of halogens is 2. The number of nitrogens with zero attached hydrogens (tertiary/aromatic N) is 1. The number of benzene rings is 1. The molecule has 1 aromatic heterocycles. The van der Waals surface area contributed by atoms with E-state index in [0.29, 0.717) is 6.54 Å². The predicted molar refractivity (Wildman–Crippen MR) is 62.7 cm³/mol. The Morgan fingerprint density at radius 2 is 2.00 bits per heavy atom. The molecule has 2 nitrogen and oxygen atoms in total. The average molecular weight is 234 g/mol. The fourth-order valence-corrected chi connectivity index (χ4v) is 1.52. The predicted octanol–water partition coefficient (Wildman–Crippen LogP) is 3.28. The van der Waals surface area contributed by atoms with E-state index < -0.39 is 11.6 Å². The monoisotopic (exact) mass is 234 g/mol. The first kappa shape index (κ1) is 11.5. The number of pyridine rings is 1. The lowest BCUT2D eigenvalue weighted by Gasteiger charge is -2.07. The van der Waals surface area contributed by atoms with Gasteiger partial charge in [-0.2, -0.15) is 0 Å². The van der Waals surface area contributed by atoms with Gasteiger partial charge in [-0.1, -0.05) is 6.07 Å². The van der Waals surface area contributed by atoms with Crippen LogP contribution in [0.25, 0.3) is 0 Å². The molecule has 1 N–H and O–H groups in total. The van der Waals surface area contributed by atoms with Crippen LogP contribution in [0.15, 0.2) is 36.4 Å². The molecular weight excluding hydrogens is 222 g/mol. The summed E-state index contributed by atoms with van der Waals surface area (Å²) < 4.78 is 26.2. The maximum atomic E-state index is 13.3. The fourth-order valence-electron chi connectivity index (χ4n) is 1.52. The Balaban J connectivity index is 2.09. The van der Waals surface area contributed by atoms with Crippen LogP contribution in [0.4, 0.5) is 14.5 Å². The Labute approximate surface area is 98.3 Å². The van der Waals surface area contributed by atoms with Crippen LogP contribution in [0.2, 0.25) is 0 Å². The maximum Gasteiger partial charge on any atom is 0.146 e. The first-order valence-corrected chi connectivity index (χ1v) is 5.26. The summed E-state index contributed by atoms with van der Waals surface area (Å²) in [7, 11) is 0. The Morgan fingerprint density at radius 1 is 1.18 bits per heavy atom. The van der Waals surface area contributed by atoms with Crippen LogP contribution in [0.5, 0.6) is 0 Å². The van der Waals surface area contributed by atoms with Crippen molar-refractivity contribution >= 4 is 5.69 Å². The second kappa shape index (κ2) is 4.91. The lowest BCUT2D eigenvalue weighted by Crippen LogP contribution is -2.04.